The minimum Gasteiger partial charge on any atom is -0.465 e. The number of methoxy groups -OCH3 is 1. The van der Waals surface area contributed by atoms with Crippen LogP contribution in [0.5, 0.6) is 5.75 Å². The Kier molecular flexibility index (Phi) is 4.17. The summed E-state index contributed by atoms with van der Waals surface area (Å²) in [4.78, 5) is 11.2. The first-order chi connectivity index (χ1) is 7.47. The smallest absolute Gasteiger partial charge is 0.387 e. The fraction of sp³-hybridized carbons (Fsp3) is 0.222. The zero-order valence-corrected chi connectivity index (χ0v) is 9.55. The maximum atomic E-state index is 13.2. The summed E-state index contributed by atoms with van der Waals surface area (Å²) in [6.07, 6.45) is 0. The van der Waals surface area contributed by atoms with Crippen LogP contribution in [0.1, 0.15) is 10.4 Å². The van der Waals surface area contributed by atoms with Gasteiger partial charge in [0.05, 0.1) is 11.6 Å². The van der Waals surface area contributed by atoms with E-state index in [1.165, 1.54) is 0 Å². The van der Waals surface area contributed by atoms with Crippen LogP contribution in [-0.4, -0.2) is 19.7 Å². The lowest BCUT2D eigenvalue weighted by Crippen LogP contribution is -2.09. The van der Waals surface area contributed by atoms with Gasteiger partial charge < -0.3 is 9.47 Å². The molecule has 0 atom stereocenters. The van der Waals surface area contributed by atoms with Crippen LogP contribution in [0.2, 0.25) is 0 Å². The van der Waals surface area contributed by atoms with Crippen molar-refractivity contribution in [3.8, 4) is 5.75 Å². The lowest BCUT2D eigenvalue weighted by Gasteiger charge is -2.10. The number of benzene rings is 1. The average Bonchev–Trinajstić information content (AvgIpc) is 2.21. The second kappa shape index (κ2) is 5.20. The Morgan fingerprint density at radius 3 is 2.56 bits per heavy atom. The highest BCUT2D eigenvalue weighted by Crippen LogP contribution is 2.32. The number of carbonyl (C=O) groups is 1. The van der Waals surface area contributed by atoms with Gasteiger partial charge in [0, 0.05) is 0 Å². The zero-order chi connectivity index (χ0) is 12.3. The predicted octanol–water partition coefficient (Wildman–Crippen LogP) is 2.98. The molecular weight excluding hydrogens is 293 g/mol. The summed E-state index contributed by atoms with van der Waals surface area (Å²) in [6.45, 7) is -3.06. The molecule has 88 valence electrons. The Balaban J connectivity index is 3.21. The molecule has 16 heavy (non-hydrogen) atoms. The Labute approximate surface area is 97.3 Å². The number of hydrogen-bond acceptors (Lipinski definition) is 3. The first kappa shape index (κ1) is 12.8. The molecule has 0 N–H and O–H groups in total. The number of rotatable bonds is 3. The molecule has 0 amide bonds. The summed E-state index contributed by atoms with van der Waals surface area (Å²) in [7, 11) is 1.05. The van der Waals surface area contributed by atoms with E-state index in [1.807, 2.05) is 0 Å². The van der Waals surface area contributed by atoms with Gasteiger partial charge in [-0.25, -0.2) is 9.18 Å². The number of carbonyl (C=O) groups excluding carboxylic acids is 1. The van der Waals surface area contributed by atoms with Crippen LogP contribution in [0, 0.1) is 5.82 Å². The van der Waals surface area contributed by atoms with Crippen LogP contribution in [0.15, 0.2) is 16.6 Å². The van der Waals surface area contributed by atoms with E-state index in [-0.39, 0.29) is 10.2 Å². The van der Waals surface area contributed by atoms with Crippen LogP contribution in [0.25, 0.3) is 0 Å². The summed E-state index contributed by atoms with van der Waals surface area (Å²) in [5, 5.41) is 0. The third kappa shape index (κ3) is 2.66. The van der Waals surface area contributed by atoms with Gasteiger partial charge in [-0.1, -0.05) is 0 Å². The van der Waals surface area contributed by atoms with Gasteiger partial charge in [0.1, 0.15) is 17.1 Å². The van der Waals surface area contributed by atoms with Crippen LogP contribution in [-0.2, 0) is 4.74 Å². The second-order valence-corrected chi connectivity index (χ2v) is 3.40. The standard InChI is InChI=1S/C9H6BrF3O3/c1-15-8(14)6-4(11)2-3-5(7(6)10)16-9(12)13/h2-3,9H,1H3. The molecule has 0 aromatic heterocycles. The minimum atomic E-state index is -3.06. The van der Waals surface area contributed by atoms with Crippen molar-refractivity contribution in [2.45, 2.75) is 6.61 Å². The van der Waals surface area contributed by atoms with Crippen LogP contribution in [0.4, 0.5) is 13.2 Å². The number of esters is 1. The SMILES string of the molecule is COC(=O)c1c(F)ccc(OC(F)F)c1Br. The first-order valence-electron chi connectivity index (χ1n) is 3.98. The highest BCUT2D eigenvalue weighted by molar-refractivity contribution is 9.10. The van der Waals surface area contributed by atoms with Crippen LogP contribution < -0.4 is 4.74 Å². The van der Waals surface area contributed by atoms with Crippen molar-refractivity contribution in [2.75, 3.05) is 7.11 Å². The monoisotopic (exact) mass is 298 g/mol. The van der Waals surface area contributed by atoms with E-state index in [0.29, 0.717) is 0 Å². The molecular formula is C9H6BrF3O3. The molecule has 0 radical (unpaired) electrons. The summed E-state index contributed by atoms with van der Waals surface area (Å²) < 4.78 is 45.3. The van der Waals surface area contributed by atoms with E-state index in [1.54, 1.807) is 0 Å². The van der Waals surface area contributed by atoms with Crippen molar-refractivity contribution in [1.29, 1.82) is 0 Å². The lowest BCUT2D eigenvalue weighted by atomic mass is 10.2. The minimum absolute atomic E-state index is 0.209. The van der Waals surface area contributed by atoms with E-state index in [4.69, 9.17) is 0 Å². The molecule has 0 heterocycles. The first-order valence-corrected chi connectivity index (χ1v) is 4.77. The topological polar surface area (TPSA) is 35.5 Å². The molecule has 0 aliphatic heterocycles. The van der Waals surface area contributed by atoms with E-state index in [9.17, 15) is 18.0 Å². The van der Waals surface area contributed by atoms with Crippen LogP contribution in [0.3, 0.4) is 0 Å². The summed E-state index contributed by atoms with van der Waals surface area (Å²) in [5.41, 5.74) is -0.486. The quantitative estimate of drug-likeness (QED) is 0.805. The molecule has 0 aliphatic carbocycles. The fourth-order valence-electron chi connectivity index (χ4n) is 1.01. The van der Waals surface area contributed by atoms with E-state index in [2.05, 4.69) is 25.4 Å². The van der Waals surface area contributed by atoms with Crippen molar-refractivity contribution in [2.24, 2.45) is 0 Å². The molecule has 1 aromatic carbocycles. The molecule has 0 bridgehead atoms. The summed E-state index contributed by atoms with van der Waals surface area (Å²) >= 11 is 2.80. The number of alkyl halides is 2. The molecule has 0 spiro atoms. The van der Waals surface area contributed by atoms with Gasteiger partial charge >= 0.3 is 12.6 Å². The Morgan fingerprint density at radius 1 is 1.44 bits per heavy atom. The van der Waals surface area contributed by atoms with Gasteiger partial charge in [-0.3, -0.25) is 0 Å². The molecule has 0 saturated heterocycles. The molecule has 0 fully saturated rings. The Morgan fingerprint density at radius 2 is 2.06 bits per heavy atom. The molecule has 0 unspecified atom stereocenters. The molecule has 1 aromatic rings. The summed E-state index contributed by atoms with van der Waals surface area (Å²) in [6, 6.07) is 1.83. The molecule has 3 nitrogen and oxygen atoms in total. The predicted molar refractivity (Wildman–Crippen MR) is 52.1 cm³/mol. The Bertz CT molecular complexity index is 409. The largest absolute Gasteiger partial charge is 0.465 e. The number of hydrogen-bond donors (Lipinski definition) is 0. The maximum absolute atomic E-state index is 13.2. The van der Waals surface area contributed by atoms with E-state index >= 15 is 0 Å². The highest BCUT2D eigenvalue weighted by atomic mass is 79.9. The average molecular weight is 299 g/mol. The molecule has 0 aliphatic rings. The van der Waals surface area contributed by atoms with Gasteiger partial charge in [0.25, 0.3) is 0 Å². The third-order valence-electron chi connectivity index (χ3n) is 1.66. The highest BCUT2D eigenvalue weighted by Gasteiger charge is 2.21. The van der Waals surface area contributed by atoms with E-state index in [0.717, 1.165) is 19.2 Å². The van der Waals surface area contributed by atoms with Crippen molar-refractivity contribution in [3.05, 3.63) is 28.0 Å². The number of halogens is 4. The molecule has 1 rings (SSSR count). The van der Waals surface area contributed by atoms with Crippen molar-refractivity contribution in [1.82, 2.24) is 0 Å². The van der Waals surface area contributed by atoms with Gasteiger partial charge in [-0.05, 0) is 28.1 Å². The Hall–Kier alpha value is -1.24. The normalized spacial score (nSPS) is 10.4. The van der Waals surface area contributed by atoms with Crippen molar-refractivity contribution < 1.29 is 27.4 Å². The second-order valence-electron chi connectivity index (χ2n) is 2.60. The van der Waals surface area contributed by atoms with E-state index < -0.39 is 24.0 Å². The maximum Gasteiger partial charge on any atom is 0.387 e. The van der Waals surface area contributed by atoms with Gasteiger partial charge in [-0.2, -0.15) is 8.78 Å². The fourth-order valence-corrected chi connectivity index (χ4v) is 1.59. The van der Waals surface area contributed by atoms with Gasteiger partial charge in [0.2, 0.25) is 0 Å². The zero-order valence-electron chi connectivity index (χ0n) is 7.97. The molecule has 7 heteroatoms. The van der Waals surface area contributed by atoms with Crippen molar-refractivity contribution in [3.63, 3.8) is 0 Å². The van der Waals surface area contributed by atoms with Crippen LogP contribution >= 0.6 is 15.9 Å². The number of ether oxygens (including phenoxy) is 2. The third-order valence-corrected chi connectivity index (χ3v) is 2.45. The lowest BCUT2D eigenvalue weighted by molar-refractivity contribution is -0.0505. The summed E-state index contributed by atoms with van der Waals surface area (Å²) in [5.74, 6) is -2.21. The van der Waals surface area contributed by atoms with Gasteiger partial charge in [-0.15, -0.1) is 0 Å². The van der Waals surface area contributed by atoms with Crippen molar-refractivity contribution >= 4 is 21.9 Å². The molecule has 0 saturated carbocycles. The van der Waals surface area contributed by atoms with Gasteiger partial charge in [0.15, 0.2) is 0 Å².